The fourth-order valence-electron chi connectivity index (χ4n) is 3.84. The Kier molecular flexibility index (Phi) is 4.04. The highest BCUT2D eigenvalue weighted by Crippen LogP contribution is 2.50. The molecule has 2 aromatic heterocycles. The zero-order chi connectivity index (χ0) is 18.4. The van der Waals surface area contributed by atoms with Crippen LogP contribution in [0.1, 0.15) is 28.9 Å². The van der Waals surface area contributed by atoms with Crippen LogP contribution in [0.15, 0.2) is 12.4 Å². The number of carbonyl (C=O) groups excluding carboxylic acids is 2. The van der Waals surface area contributed by atoms with Crippen LogP contribution in [-0.2, 0) is 4.79 Å². The molecule has 1 saturated carbocycles. The summed E-state index contributed by atoms with van der Waals surface area (Å²) in [6, 6.07) is 0.0137. The number of rotatable bonds is 4. The van der Waals surface area contributed by atoms with Crippen LogP contribution < -0.4 is 20.3 Å². The molecule has 1 fully saturated rings. The summed E-state index contributed by atoms with van der Waals surface area (Å²) in [5.41, 5.74) is 1.76. The molecule has 0 saturated heterocycles. The lowest BCUT2D eigenvalue weighted by atomic mass is 9.85. The molecule has 2 aromatic rings. The van der Waals surface area contributed by atoms with Crippen molar-refractivity contribution in [2.24, 2.45) is 5.92 Å². The summed E-state index contributed by atoms with van der Waals surface area (Å²) >= 11 is 1.43. The monoisotopic (exact) mass is 387 g/mol. The maximum atomic E-state index is 12.6. The van der Waals surface area contributed by atoms with Crippen LogP contribution in [0.25, 0.3) is 10.4 Å². The van der Waals surface area contributed by atoms with E-state index in [1.807, 2.05) is 0 Å². The van der Waals surface area contributed by atoms with Crippen molar-refractivity contribution in [3.8, 4) is 16.2 Å². The molecule has 2 aliphatic heterocycles. The predicted octanol–water partition coefficient (Wildman–Crippen LogP) is 1.37. The maximum Gasteiger partial charge on any atom is 0.263 e. The lowest BCUT2D eigenvalue weighted by molar-refractivity contribution is -0.127. The van der Waals surface area contributed by atoms with Crippen molar-refractivity contribution in [3.63, 3.8) is 0 Å². The standard InChI is InChI=1S/C18H21N5O3S/c24-17(10-2-1-3-10)20-8-12-9-26-14-13-16(18(25)19-4-5-23(12)13)27-15(14)11-6-21-22-7-11/h6-7,10,12H,1-5,8-9H2,(H,19,25)(H,20,24)(H,21,22)/t12-/m1/s1. The quantitative estimate of drug-likeness (QED) is 0.736. The Labute approximate surface area is 160 Å². The second kappa shape index (κ2) is 6.56. The Morgan fingerprint density at radius 1 is 1.41 bits per heavy atom. The van der Waals surface area contributed by atoms with Crippen LogP contribution in [0.3, 0.4) is 0 Å². The van der Waals surface area contributed by atoms with Gasteiger partial charge in [0.15, 0.2) is 5.75 Å². The summed E-state index contributed by atoms with van der Waals surface area (Å²) in [6.45, 7) is 2.28. The largest absolute Gasteiger partial charge is 0.488 e. The molecule has 3 aliphatic rings. The summed E-state index contributed by atoms with van der Waals surface area (Å²) in [5, 5.41) is 12.9. The van der Waals surface area contributed by atoms with Crippen LogP contribution in [0.5, 0.6) is 5.75 Å². The van der Waals surface area contributed by atoms with Gasteiger partial charge in [-0.25, -0.2) is 0 Å². The summed E-state index contributed by atoms with van der Waals surface area (Å²) in [6.07, 6.45) is 6.66. The molecule has 4 heterocycles. The smallest absolute Gasteiger partial charge is 0.263 e. The molecular weight excluding hydrogens is 366 g/mol. The first-order valence-electron chi connectivity index (χ1n) is 9.33. The average Bonchev–Trinajstić information content (AvgIpc) is 3.23. The topological polar surface area (TPSA) is 99.3 Å². The van der Waals surface area contributed by atoms with Gasteiger partial charge in [0.2, 0.25) is 5.91 Å². The van der Waals surface area contributed by atoms with Gasteiger partial charge in [0, 0.05) is 37.3 Å². The van der Waals surface area contributed by atoms with Gasteiger partial charge < -0.3 is 20.3 Å². The minimum atomic E-state index is -0.0729. The number of aromatic amines is 1. The fraction of sp³-hybridized carbons (Fsp3) is 0.500. The molecule has 1 atom stereocenters. The number of hydrogen-bond donors (Lipinski definition) is 3. The number of ether oxygens (including phenoxy) is 1. The van der Waals surface area contributed by atoms with Crippen molar-refractivity contribution < 1.29 is 14.3 Å². The number of nitrogens with zero attached hydrogens (tertiary/aromatic N) is 2. The number of anilines is 1. The summed E-state index contributed by atoms with van der Waals surface area (Å²) in [7, 11) is 0. The highest BCUT2D eigenvalue weighted by atomic mass is 32.1. The van der Waals surface area contributed by atoms with E-state index in [4.69, 9.17) is 4.74 Å². The lowest BCUT2D eigenvalue weighted by Crippen LogP contribution is -2.51. The van der Waals surface area contributed by atoms with Gasteiger partial charge in [0.25, 0.3) is 5.91 Å². The minimum Gasteiger partial charge on any atom is -0.488 e. The van der Waals surface area contributed by atoms with Crippen LogP contribution in [0.4, 0.5) is 5.69 Å². The van der Waals surface area contributed by atoms with Crippen LogP contribution in [0, 0.1) is 5.92 Å². The van der Waals surface area contributed by atoms with Crippen molar-refractivity contribution in [1.82, 2.24) is 20.8 Å². The zero-order valence-corrected chi connectivity index (χ0v) is 15.6. The Morgan fingerprint density at radius 3 is 3.04 bits per heavy atom. The van der Waals surface area contributed by atoms with Crippen molar-refractivity contribution in [3.05, 3.63) is 17.3 Å². The Morgan fingerprint density at radius 2 is 2.30 bits per heavy atom. The molecule has 142 valence electrons. The first-order chi connectivity index (χ1) is 13.2. The van der Waals surface area contributed by atoms with Crippen molar-refractivity contribution in [2.45, 2.75) is 25.3 Å². The van der Waals surface area contributed by atoms with Crippen molar-refractivity contribution in [2.75, 3.05) is 31.1 Å². The lowest BCUT2D eigenvalue weighted by Gasteiger charge is -2.37. The van der Waals surface area contributed by atoms with E-state index in [0.29, 0.717) is 31.1 Å². The maximum absolute atomic E-state index is 12.6. The van der Waals surface area contributed by atoms with E-state index < -0.39 is 0 Å². The van der Waals surface area contributed by atoms with E-state index in [1.54, 1.807) is 12.4 Å². The first kappa shape index (κ1) is 16.6. The number of carbonyl (C=O) groups is 2. The second-order valence-corrected chi connectivity index (χ2v) is 8.23. The molecule has 0 bridgehead atoms. The number of H-pyrrole nitrogens is 1. The number of hydrogen-bond acceptors (Lipinski definition) is 6. The highest BCUT2D eigenvalue weighted by Gasteiger charge is 2.38. The van der Waals surface area contributed by atoms with E-state index >= 15 is 0 Å². The average molecular weight is 387 g/mol. The molecule has 0 unspecified atom stereocenters. The van der Waals surface area contributed by atoms with E-state index in [1.165, 1.54) is 11.3 Å². The van der Waals surface area contributed by atoms with Crippen molar-refractivity contribution >= 4 is 28.8 Å². The van der Waals surface area contributed by atoms with Crippen LogP contribution in [0.2, 0.25) is 0 Å². The summed E-state index contributed by atoms with van der Waals surface area (Å²) in [5.74, 6) is 0.980. The number of amides is 2. The van der Waals surface area contributed by atoms with E-state index in [-0.39, 0.29) is 23.8 Å². The van der Waals surface area contributed by atoms with Gasteiger partial charge in [-0.2, -0.15) is 5.10 Å². The minimum absolute atomic E-state index is 0.0137. The molecule has 0 aromatic carbocycles. The molecule has 5 rings (SSSR count). The van der Waals surface area contributed by atoms with Gasteiger partial charge in [0.05, 0.1) is 17.1 Å². The molecule has 0 radical (unpaired) electrons. The van der Waals surface area contributed by atoms with Crippen LogP contribution >= 0.6 is 11.3 Å². The molecular formula is C18H21N5O3S. The van der Waals surface area contributed by atoms with Crippen LogP contribution in [-0.4, -0.2) is 54.3 Å². The number of aromatic nitrogens is 2. The third-order valence-corrected chi connectivity index (χ3v) is 6.79. The Balaban J connectivity index is 1.44. The second-order valence-electron chi connectivity index (χ2n) is 7.21. The third kappa shape index (κ3) is 2.77. The third-order valence-electron chi connectivity index (χ3n) is 5.58. The molecule has 2 amide bonds. The van der Waals surface area contributed by atoms with E-state index in [9.17, 15) is 9.59 Å². The fourth-order valence-corrected chi connectivity index (χ4v) is 4.99. The number of nitrogens with one attached hydrogen (secondary N) is 3. The molecule has 9 heteroatoms. The Hall–Kier alpha value is -2.55. The SMILES string of the molecule is O=C1NCCN2c3c1sc(-c1cn[nH]c1)c3OC[C@H]2CNC(=O)C1CCC1. The molecule has 27 heavy (non-hydrogen) atoms. The van der Waals surface area contributed by atoms with Gasteiger partial charge in [-0.15, -0.1) is 11.3 Å². The highest BCUT2D eigenvalue weighted by molar-refractivity contribution is 7.18. The summed E-state index contributed by atoms with van der Waals surface area (Å²) < 4.78 is 6.11. The normalized spacial score (nSPS) is 21.6. The van der Waals surface area contributed by atoms with E-state index in [0.717, 1.165) is 41.1 Å². The summed E-state index contributed by atoms with van der Waals surface area (Å²) in [4.78, 5) is 28.6. The molecule has 8 nitrogen and oxygen atoms in total. The zero-order valence-electron chi connectivity index (χ0n) is 14.8. The molecule has 1 aliphatic carbocycles. The number of thiophene rings is 1. The van der Waals surface area contributed by atoms with Gasteiger partial charge in [-0.3, -0.25) is 14.7 Å². The van der Waals surface area contributed by atoms with Gasteiger partial charge in [-0.1, -0.05) is 6.42 Å². The molecule has 0 spiro atoms. The van der Waals surface area contributed by atoms with Crippen molar-refractivity contribution in [1.29, 1.82) is 0 Å². The molecule has 3 N–H and O–H groups in total. The first-order valence-corrected chi connectivity index (χ1v) is 10.2. The van der Waals surface area contributed by atoms with Gasteiger partial charge in [-0.05, 0) is 12.8 Å². The van der Waals surface area contributed by atoms with E-state index in [2.05, 4.69) is 25.7 Å². The predicted molar refractivity (Wildman–Crippen MR) is 101 cm³/mol. The Bertz CT molecular complexity index is 874. The van der Waals surface area contributed by atoms with Gasteiger partial charge >= 0.3 is 0 Å². The van der Waals surface area contributed by atoms with Gasteiger partial charge in [0.1, 0.15) is 17.2 Å².